The fourth-order valence-electron chi connectivity index (χ4n) is 2.67. The van der Waals surface area contributed by atoms with Gasteiger partial charge in [-0.25, -0.2) is 0 Å². The van der Waals surface area contributed by atoms with Crippen molar-refractivity contribution >= 4 is 36.4 Å². The quantitative estimate of drug-likeness (QED) is 0.129. The summed E-state index contributed by atoms with van der Waals surface area (Å²) in [4.78, 5) is 41.9. The summed E-state index contributed by atoms with van der Waals surface area (Å²) < 4.78 is 0. The standard InChI is InChI=1S/C26H38N4O6/c1-23(31)19-27-33-15-7-3-5-9-17-35-29-21-25-11-13-26(14-12-25)22-30-36-18-10-6-4-8-16-34-28-20-24(2)32/h11-14,19-22H,3-10,15-18H2,1-2H3/b27-19-,28-20-,29-21-,30-22-. The van der Waals surface area contributed by atoms with E-state index in [-0.39, 0.29) is 11.6 Å². The zero-order chi connectivity index (χ0) is 26.1. The van der Waals surface area contributed by atoms with Crippen LogP contribution >= 0.6 is 0 Å². The predicted octanol–water partition coefficient (Wildman–Crippen LogP) is 4.69. The van der Waals surface area contributed by atoms with Gasteiger partial charge in [-0.2, -0.15) is 0 Å². The Morgan fingerprint density at radius 2 is 0.861 bits per heavy atom. The van der Waals surface area contributed by atoms with Crippen LogP contribution in [0.5, 0.6) is 0 Å². The van der Waals surface area contributed by atoms with Gasteiger partial charge in [0.2, 0.25) is 0 Å². The molecule has 0 aliphatic rings. The molecule has 0 fully saturated rings. The van der Waals surface area contributed by atoms with Crippen molar-refractivity contribution in [1.29, 1.82) is 0 Å². The van der Waals surface area contributed by atoms with Gasteiger partial charge in [0.05, 0.1) is 12.4 Å². The van der Waals surface area contributed by atoms with Gasteiger partial charge in [-0.05, 0) is 62.5 Å². The van der Waals surface area contributed by atoms with Crippen LogP contribution in [0.1, 0.15) is 76.3 Å². The highest BCUT2D eigenvalue weighted by Gasteiger charge is 1.94. The third-order valence-corrected chi connectivity index (χ3v) is 4.55. The van der Waals surface area contributed by atoms with Crippen LogP contribution in [-0.2, 0) is 28.9 Å². The normalized spacial score (nSPS) is 11.6. The van der Waals surface area contributed by atoms with E-state index in [2.05, 4.69) is 20.6 Å². The second-order valence-electron chi connectivity index (χ2n) is 7.99. The van der Waals surface area contributed by atoms with Gasteiger partial charge in [0.1, 0.15) is 38.9 Å². The minimum Gasteiger partial charge on any atom is -0.396 e. The summed E-state index contributed by atoms with van der Waals surface area (Å²) in [5.41, 5.74) is 1.87. The molecule has 0 saturated heterocycles. The third-order valence-electron chi connectivity index (χ3n) is 4.55. The molecule has 0 saturated carbocycles. The molecule has 0 unspecified atom stereocenters. The molecule has 0 spiro atoms. The third kappa shape index (κ3) is 19.9. The number of benzene rings is 1. The van der Waals surface area contributed by atoms with E-state index < -0.39 is 0 Å². The monoisotopic (exact) mass is 502 g/mol. The van der Waals surface area contributed by atoms with Crippen molar-refractivity contribution in [3.8, 4) is 0 Å². The molecule has 1 rings (SSSR count). The van der Waals surface area contributed by atoms with Crippen LogP contribution in [0.2, 0.25) is 0 Å². The molecule has 0 amide bonds. The number of rotatable bonds is 22. The number of Topliss-reactive ketones (excluding diaryl/α,β-unsaturated/α-hetero) is 2. The number of hydrogen-bond acceptors (Lipinski definition) is 10. The Balaban J connectivity index is 2.00. The fourth-order valence-corrected chi connectivity index (χ4v) is 2.67. The van der Waals surface area contributed by atoms with Crippen molar-refractivity contribution in [1.82, 2.24) is 0 Å². The zero-order valence-electron chi connectivity index (χ0n) is 21.3. The first-order valence-corrected chi connectivity index (χ1v) is 12.3. The molecular formula is C26H38N4O6. The summed E-state index contributed by atoms with van der Waals surface area (Å²) >= 11 is 0. The summed E-state index contributed by atoms with van der Waals surface area (Å²) in [6.45, 7) is 5.00. The van der Waals surface area contributed by atoms with Gasteiger partial charge >= 0.3 is 0 Å². The summed E-state index contributed by atoms with van der Waals surface area (Å²) in [6.07, 6.45) is 13.3. The van der Waals surface area contributed by atoms with E-state index in [4.69, 9.17) is 19.4 Å². The largest absolute Gasteiger partial charge is 0.396 e. The molecular weight excluding hydrogens is 464 g/mol. The van der Waals surface area contributed by atoms with E-state index >= 15 is 0 Å². The van der Waals surface area contributed by atoms with Gasteiger partial charge in [-0.3, -0.25) is 9.59 Å². The van der Waals surface area contributed by atoms with Crippen LogP contribution in [0.3, 0.4) is 0 Å². The first-order valence-electron chi connectivity index (χ1n) is 12.3. The molecule has 0 aliphatic carbocycles. The number of oxime groups is 4. The van der Waals surface area contributed by atoms with Crippen LogP contribution in [0.4, 0.5) is 0 Å². The van der Waals surface area contributed by atoms with Crippen molar-refractivity contribution in [3.63, 3.8) is 0 Å². The summed E-state index contributed by atoms with van der Waals surface area (Å²) in [5.74, 6) is -0.250. The van der Waals surface area contributed by atoms with Crippen molar-refractivity contribution in [3.05, 3.63) is 35.4 Å². The van der Waals surface area contributed by atoms with Crippen LogP contribution in [0.25, 0.3) is 0 Å². The highest BCUT2D eigenvalue weighted by Crippen LogP contribution is 2.04. The summed E-state index contributed by atoms with van der Waals surface area (Å²) in [5, 5.41) is 15.1. The minimum absolute atomic E-state index is 0.125. The number of unbranched alkanes of at least 4 members (excludes halogenated alkanes) is 6. The number of carbonyl (C=O) groups is 2. The second kappa shape index (κ2) is 21.9. The molecule has 0 bridgehead atoms. The molecule has 0 heterocycles. The first-order chi connectivity index (χ1) is 17.6. The van der Waals surface area contributed by atoms with Gasteiger partial charge in [0, 0.05) is 13.8 Å². The number of hydrogen-bond donors (Lipinski definition) is 0. The molecule has 36 heavy (non-hydrogen) atoms. The SMILES string of the molecule is CC(=O)/C=N\OCCCCCCO/N=C\c1ccc(/C=N\OCCCCCCO/N=C\C(C)=O)cc1. The molecule has 0 radical (unpaired) electrons. The van der Waals surface area contributed by atoms with Gasteiger partial charge in [-0.15, -0.1) is 0 Å². The molecule has 10 nitrogen and oxygen atoms in total. The molecule has 0 atom stereocenters. The van der Waals surface area contributed by atoms with E-state index in [1.165, 1.54) is 26.3 Å². The molecule has 0 aromatic heterocycles. The lowest BCUT2D eigenvalue weighted by molar-refractivity contribution is -0.111. The van der Waals surface area contributed by atoms with Crippen LogP contribution < -0.4 is 0 Å². The Morgan fingerprint density at radius 3 is 1.17 bits per heavy atom. The van der Waals surface area contributed by atoms with Crippen molar-refractivity contribution in [2.75, 3.05) is 26.4 Å². The van der Waals surface area contributed by atoms with Gasteiger partial charge in [0.15, 0.2) is 11.6 Å². The smallest absolute Gasteiger partial charge is 0.174 e. The lowest BCUT2D eigenvalue weighted by Crippen LogP contribution is -1.95. The van der Waals surface area contributed by atoms with Crippen molar-refractivity contribution in [2.24, 2.45) is 20.6 Å². The Kier molecular flexibility index (Phi) is 18.6. The van der Waals surface area contributed by atoms with E-state index in [0.717, 1.165) is 62.5 Å². The van der Waals surface area contributed by atoms with Gasteiger partial charge < -0.3 is 19.4 Å². The number of carbonyl (C=O) groups excluding carboxylic acids is 2. The highest BCUT2D eigenvalue weighted by atomic mass is 16.6. The Morgan fingerprint density at radius 1 is 0.556 bits per heavy atom. The van der Waals surface area contributed by atoms with E-state index in [0.29, 0.717) is 26.4 Å². The highest BCUT2D eigenvalue weighted by molar-refractivity contribution is 6.26. The fraction of sp³-hybridized carbons (Fsp3) is 0.538. The van der Waals surface area contributed by atoms with Gasteiger partial charge in [-0.1, -0.05) is 44.9 Å². The molecule has 0 aliphatic heterocycles. The Labute approximate surface area is 213 Å². The zero-order valence-corrected chi connectivity index (χ0v) is 21.3. The summed E-state index contributed by atoms with van der Waals surface area (Å²) in [7, 11) is 0. The van der Waals surface area contributed by atoms with Gasteiger partial charge in [0.25, 0.3) is 0 Å². The second-order valence-corrected chi connectivity index (χ2v) is 7.99. The molecule has 1 aromatic carbocycles. The van der Waals surface area contributed by atoms with Crippen LogP contribution in [-0.4, -0.2) is 62.9 Å². The van der Waals surface area contributed by atoms with Crippen LogP contribution in [0.15, 0.2) is 44.9 Å². The maximum absolute atomic E-state index is 10.7. The first kappa shape index (κ1) is 30.5. The lowest BCUT2D eigenvalue weighted by Gasteiger charge is -2.01. The van der Waals surface area contributed by atoms with Crippen molar-refractivity contribution < 1.29 is 28.9 Å². The van der Waals surface area contributed by atoms with E-state index in [9.17, 15) is 9.59 Å². The Hall–Kier alpha value is -3.56. The van der Waals surface area contributed by atoms with Crippen LogP contribution in [0, 0.1) is 0 Å². The summed E-state index contributed by atoms with van der Waals surface area (Å²) in [6, 6.07) is 7.74. The average molecular weight is 503 g/mol. The predicted molar refractivity (Wildman–Crippen MR) is 141 cm³/mol. The average Bonchev–Trinajstić information content (AvgIpc) is 2.85. The van der Waals surface area contributed by atoms with E-state index in [1.54, 1.807) is 12.4 Å². The number of ketones is 2. The maximum atomic E-state index is 10.7. The van der Waals surface area contributed by atoms with Crippen molar-refractivity contribution in [2.45, 2.75) is 65.2 Å². The van der Waals surface area contributed by atoms with E-state index in [1.807, 2.05) is 24.3 Å². The Bertz CT molecular complexity index is 768. The molecule has 1 aromatic rings. The topological polar surface area (TPSA) is 120 Å². The molecule has 10 heteroatoms. The maximum Gasteiger partial charge on any atom is 0.174 e. The lowest BCUT2D eigenvalue weighted by atomic mass is 10.2. The molecule has 198 valence electrons. The number of nitrogens with zero attached hydrogens (tertiary/aromatic N) is 4. The molecule has 0 N–H and O–H groups in total. The minimum atomic E-state index is -0.125.